The standard InChI is InChI=1S/C19H18N6O2/c1-3-25-14-7-5-4-6-13(14)17-18(25)21-19(24-22-17)23-20-11-12-8-9-15(26)16(10-12)27-2/h4-11,26H,3H2,1-2H3,(H,21,23,24)/b20-11+. The summed E-state index contributed by atoms with van der Waals surface area (Å²) in [5, 5.41) is 23.2. The summed E-state index contributed by atoms with van der Waals surface area (Å²) in [6.45, 7) is 2.84. The summed E-state index contributed by atoms with van der Waals surface area (Å²) in [4.78, 5) is 4.56. The Labute approximate surface area is 155 Å². The van der Waals surface area contributed by atoms with Crippen LogP contribution in [0.4, 0.5) is 5.95 Å². The molecule has 4 rings (SSSR count). The molecular weight excluding hydrogens is 344 g/mol. The van der Waals surface area contributed by atoms with E-state index >= 15 is 0 Å². The molecule has 2 aromatic heterocycles. The number of hydrogen-bond donors (Lipinski definition) is 2. The van der Waals surface area contributed by atoms with Crippen LogP contribution in [-0.4, -0.2) is 38.2 Å². The molecule has 0 aliphatic heterocycles. The Morgan fingerprint density at radius 1 is 1.22 bits per heavy atom. The predicted molar refractivity (Wildman–Crippen MR) is 104 cm³/mol. The maximum absolute atomic E-state index is 9.63. The van der Waals surface area contributed by atoms with Gasteiger partial charge in [-0.3, -0.25) is 0 Å². The average Bonchev–Trinajstić information content (AvgIpc) is 3.02. The van der Waals surface area contributed by atoms with Gasteiger partial charge < -0.3 is 14.4 Å². The Morgan fingerprint density at radius 3 is 2.89 bits per heavy atom. The zero-order chi connectivity index (χ0) is 18.8. The molecule has 8 nitrogen and oxygen atoms in total. The van der Waals surface area contributed by atoms with Gasteiger partial charge in [0.2, 0.25) is 0 Å². The topological polar surface area (TPSA) is 97.5 Å². The largest absolute Gasteiger partial charge is 0.504 e. The quantitative estimate of drug-likeness (QED) is 0.418. The van der Waals surface area contributed by atoms with E-state index in [1.54, 1.807) is 24.4 Å². The lowest BCUT2D eigenvalue weighted by Gasteiger charge is -2.04. The molecule has 2 aromatic carbocycles. The smallest absolute Gasteiger partial charge is 0.265 e. The van der Waals surface area contributed by atoms with Crippen LogP contribution < -0.4 is 10.2 Å². The predicted octanol–water partition coefficient (Wildman–Crippen LogP) is 3.16. The van der Waals surface area contributed by atoms with Crippen LogP contribution in [0.3, 0.4) is 0 Å². The first-order chi connectivity index (χ1) is 13.2. The van der Waals surface area contributed by atoms with Crippen LogP contribution in [0.1, 0.15) is 12.5 Å². The van der Waals surface area contributed by atoms with Crippen LogP contribution in [0.5, 0.6) is 11.5 Å². The highest BCUT2D eigenvalue weighted by Gasteiger charge is 2.13. The second kappa shape index (κ2) is 6.91. The van der Waals surface area contributed by atoms with E-state index in [0.717, 1.165) is 34.2 Å². The second-order valence-corrected chi connectivity index (χ2v) is 5.87. The molecule has 0 spiro atoms. The zero-order valence-corrected chi connectivity index (χ0v) is 14.9. The Bertz CT molecular complexity index is 1150. The second-order valence-electron chi connectivity index (χ2n) is 5.87. The number of para-hydroxylation sites is 1. The lowest BCUT2D eigenvalue weighted by atomic mass is 10.2. The minimum Gasteiger partial charge on any atom is -0.504 e. The third kappa shape index (κ3) is 3.01. The molecule has 27 heavy (non-hydrogen) atoms. The van der Waals surface area contributed by atoms with Gasteiger partial charge >= 0.3 is 0 Å². The first-order valence-corrected chi connectivity index (χ1v) is 8.49. The number of hydrazone groups is 1. The fourth-order valence-corrected chi connectivity index (χ4v) is 3.01. The molecule has 2 N–H and O–H groups in total. The van der Waals surface area contributed by atoms with Crippen molar-refractivity contribution in [2.24, 2.45) is 5.10 Å². The van der Waals surface area contributed by atoms with Gasteiger partial charge in [0.05, 0.1) is 18.8 Å². The zero-order valence-electron chi connectivity index (χ0n) is 14.9. The highest BCUT2D eigenvalue weighted by Crippen LogP contribution is 2.26. The van der Waals surface area contributed by atoms with Crippen LogP contribution >= 0.6 is 0 Å². The van der Waals surface area contributed by atoms with E-state index in [9.17, 15) is 5.11 Å². The number of anilines is 1. The van der Waals surface area contributed by atoms with Gasteiger partial charge in [-0.25, -0.2) is 5.43 Å². The molecule has 2 heterocycles. The number of aromatic hydroxyl groups is 1. The van der Waals surface area contributed by atoms with Crippen molar-refractivity contribution < 1.29 is 9.84 Å². The van der Waals surface area contributed by atoms with E-state index in [2.05, 4.69) is 37.2 Å². The minimum atomic E-state index is 0.0768. The third-order valence-corrected chi connectivity index (χ3v) is 4.27. The number of aromatic nitrogens is 4. The van der Waals surface area contributed by atoms with E-state index in [-0.39, 0.29) is 5.75 Å². The fourth-order valence-electron chi connectivity index (χ4n) is 3.01. The number of phenolic OH excluding ortho intramolecular Hbond substituents is 1. The molecule has 0 atom stereocenters. The van der Waals surface area contributed by atoms with Crippen LogP contribution in [0.15, 0.2) is 47.6 Å². The van der Waals surface area contributed by atoms with Gasteiger partial charge in [-0.2, -0.15) is 10.1 Å². The Morgan fingerprint density at radius 2 is 2.07 bits per heavy atom. The van der Waals surface area contributed by atoms with Crippen molar-refractivity contribution >= 4 is 34.2 Å². The van der Waals surface area contributed by atoms with Crippen molar-refractivity contribution in [1.82, 2.24) is 19.7 Å². The highest BCUT2D eigenvalue weighted by molar-refractivity contribution is 6.04. The molecule has 0 aliphatic rings. The first-order valence-electron chi connectivity index (χ1n) is 8.49. The number of nitrogens with zero attached hydrogens (tertiary/aromatic N) is 5. The number of ether oxygens (including phenoxy) is 1. The molecule has 0 unspecified atom stereocenters. The molecule has 0 aliphatic carbocycles. The molecule has 8 heteroatoms. The number of hydrogen-bond acceptors (Lipinski definition) is 7. The van der Waals surface area contributed by atoms with Gasteiger partial charge in [0.1, 0.15) is 5.52 Å². The van der Waals surface area contributed by atoms with Crippen LogP contribution in [-0.2, 0) is 6.54 Å². The van der Waals surface area contributed by atoms with Gasteiger partial charge in [0.15, 0.2) is 17.1 Å². The maximum Gasteiger partial charge on any atom is 0.265 e. The average molecular weight is 362 g/mol. The third-order valence-electron chi connectivity index (χ3n) is 4.27. The molecule has 0 fully saturated rings. The summed E-state index contributed by atoms with van der Waals surface area (Å²) in [6, 6.07) is 13.0. The van der Waals surface area contributed by atoms with E-state index in [1.807, 2.05) is 24.3 Å². The van der Waals surface area contributed by atoms with Gasteiger partial charge in [-0.15, -0.1) is 10.2 Å². The summed E-state index contributed by atoms with van der Waals surface area (Å²) < 4.78 is 7.18. The monoisotopic (exact) mass is 362 g/mol. The Balaban J connectivity index is 1.64. The van der Waals surface area contributed by atoms with Crippen molar-refractivity contribution in [1.29, 1.82) is 0 Å². The molecule has 0 radical (unpaired) electrons. The van der Waals surface area contributed by atoms with Crippen molar-refractivity contribution in [3.63, 3.8) is 0 Å². The van der Waals surface area contributed by atoms with Crippen LogP contribution in [0.2, 0.25) is 0 Å². The van der Waals surface area contributed by atoms with Crippen LogP contribution in [0, 0.1) is 0 Å². The summed E-state index contributed by atoms with van der Waals surface area (Å²) in [5.74, 6) is 0.765. The molecule has 0 bridgehead atoms. The molecule has 136 valence electrons. The summed E-state index contributed by atoms with van der Waals surface area (Å²) in [6.07, 6.45) is 1.59. The van der Waals surface area contributed by atoms with Crippen molar-refractivity contribution in [3.05, 3.63) is 48.0 Å². The number of aryl methyl sites for hydroxylation is 1. The number of nitrogens with one attached hydrogen (secondary N) is 1. The van der Waals surface area contributed by atoms with Crippen molar-refractivity contribution in [3.8, 4) is 11.5 Å². The molecular formula is C19H18N6O2. The fraction of sp³-hybridized carbons (Fsp3) is 0.158. The van der Waals surface area contributed by atoms with Gasteiger partial charge in [0.25, 0.3) is 5.95 Å². The van der Waals surface area contributed by atoms with E-state index in [4.69, 9.17) is 4.74 Å². The number of methoxy groups -OCH3 is 1. The summed E-state index contributed by atoms with van der Waals surface area (Å²) in [7, 11) is 1.50. The molecule has 0 saturated carbocycles. The molecule has 0 saturated heterocycles. The number of fused-ring (bicyclic) bond motifs is 3. The van der Waals surface area contributed by atoms with E-state index in [1.165, 1.54) is 7.11 Å². The molecule has 0 amide bonds. The van der Waals surface area contributed by atoms with Gasteiger partial charge in [-0.05, 0) is 36.8 Å². The van der Waals surface area contributed by atoms with E-state index < -0.39 is 0 Å². The lowest BCUT2D eigenvalue weighted by molar-refractivity contribution is 0.373. The Kier molecular flexibility index (Phi) is 4.29. The van der Waals surface area contributed by atoms with Gasteiger partial charge in [-0.1, -0.05) is 18.2 Å². The molecule has 4 aromatic rings. The number of rotatable bonds is 5. The highest BCUT2D eigenvalue weighted by atomic mass is 16.5. The lowest BCUT2D eigenvalue weighted by Crippen LogP contribution is -2.02. The number of phenols is 1. The SMILES string of the molecule is CCn1c2ccccc2c2nnc(N/N=C/c3ccc(O)c(OC)c3)nc21. The summed E-state index contributed by atoms with van der Waals surface area (Å²) >= 11 is 0. The minimum absolute atomic E-state index is 0.0768. The summed E-state index contributed by atoms with van der Waals surface area (Å²) in [5.41, 5.74) is 6.17. The van der Waals surface area contributed by atoms with Crippen molar-refractivity contribution in [2.75, 3.05) is 12.5 Å². The normalized spacial score (nSPS) is 11.5. The van der Waals surface area contributed by atoms with Crippen molar-refractivity contribution in [2.45, 2.75) is 13.5 Å². The first kappa shape index (κ1) is 16.8. The number of benzene rings is 2. The van der Waals surface area contributed by atoms with Gasteiger partial charge in [0, 0.05) is 11.9 Å². The van der Waals surface area contributed by atoms with Crippen LogP contribution in [0.25, 0.3) is 22.1 Å². The van der Waals surface area contributed by atoms with E-state index in [0.29, 0.717) is 11.7 Å². The Hall–Kier alpha value is -3.68. The maximum atomic E-state index is 9.63.